The molecule has 1 atom stereocenters. The third kappa shape index (κ3) is 3.53. The number of hydrogen-bond acceptors (Lipinski definition) is 3. The van der Waals surface area contributed by atoms with Crippen LogP contribution < -0.4 is 5.32 Å². The largest absolute Gasteiger partial charge is 0.352 e. The molecule has 5 nitrogen and oxygen atoms in total. The molecule has 0 bridgehead atoms. The van der Waals surface area contributed by atoms with Gasteiger partial charge in [-0.15, -0.1) is 0 Å². The monoisotopic (exact) mass is 261 g/mol. The topological polar surface area (TPSA) is 62.3 Å². The first-order chi connectivity index (χ1) is 9.20. The van der Waals surface area contributed by atoms with Crippen molar-refractivity contribution in [2.45, 2.75) is 26.3 Å². The van der Waals surface area contributed by atoms with Crippen LogP contribution in [0.2, 0.25) is 0 Å². The van der Waals surface area contributed by atoms with E-state index in [1.165, 1.54) is 0 Å². The van der Waals surface area contributed by atoms with Gasteiger partial charge in [0, 0.05) is 38.4 Å². The van der Waals surface area contributed by atoms with Crippen molar-refractivity contribution in [1.82, 2.24) is 15.2 Å². The molecule has 5 heteroatoms. The van der Waals surface area contributed by atoms with E-state index in [0.717, 1.165) is 18.5 Å². The number of aromatic nitrogens is 1. The number of nitrogens with zero attached hydrogens (tertiary/aromatic N) is 2. The molecular formula is C14H19N3O2. The van der Waals surface area contributed by atoms with E-state index in [0.29, 0.717) is 19.5 Å². The Morgan fingerprint density at radius 1 is 1.58 bits per heavy atom. The summed E-state index contributed by atoms with van der Waals surface area (Å²) in [4.78, 5) is 29.5. The predicted molar refractivity (Wildman–Crippen MR) is 71.1 cm³/mol. The van der Waals surface area contributed by atoms with Gasteiger partial charge in [0.25, 0.3) is 0 Å². The fraction of sp³-hybridized carbons (Fsp3) is 0.500. The first-order valence-electron chi connectivity index (χ1n) is 6.65. The zero-order valence-electron chi connectivity index (χ0n) is 11.1. The molecular weight excluding hydrogens is 242 g/mol. The quantitative estimate of drug-likeness (QED) is 0.858. The predicted octanol–water partition coefficient (Wildman–Crippen LogP) is 0.956. The van der Waals surface area contributed by atoms with Gasteiger partial charge in [0.1, 0.15) is 0 Å². The summed E-state index contributed by atoms with van der Waals surface area (Å²) in [6.07, 6.45) is 4.68. The Balaban J connectivity index is 1.83. The Labute approximate surface area is 113 Å². The summed E-state index contributed by atoms with van der Waals surface area (Å²) in [7, 11) is 0. The van der Waals surface area contributed by atoms with Crippen LogP contribution >= 0.6 is 0 Å². The van der Waals surface area contributed by atoms with Crippen molar-refractivity contribution in [2.24, 2.45) is 5.92 Å². The van der Waals surface area contributed by atoms with Crippen LogP contribution in [0.25, 0.3) is 0 Å². The lowest BCUT2D eigenvalue weighted by atomic mass is 10.1. The summed E-state index contributed by atoms with van der Waals surface area (Å²) >= 11 is 0. The Bertz CT molecular complexity index is 447. The van der Waals surface area contributed by atoms with Crippen LogP contribution in [0.15, 0.2) is 24.5 Å². The number of carbonyl (C=O) groups is 2. The number of hydrogen-bond donors (Lipinski definition) is 1. The van der Waals surface area contributed by atoms with E-state index in [9.17, 15) is 9.59 Å². The molecule has 2 heterocycles. The van der Waals surface area contributed by atoms with Crippen LogP contribution in [0.4, 0.5) is 0 Å². The smallest absolute Gasteiger partial charge is 0.225 e. The number of rotatable bonds is 5. The highest BCUT2D eigenvalue weighted by Crippen LogP contribution is 2.18. The van der Waals surface area contributed by atoms with Gasteiger partial charge in [-0.3, -0.25) is 14.6 Å². The highest BCUT2D eigenvalue weighted by atomic mass is 16.2. The molecule has 19 heavy (non-hydrogen) atoms. The minimum atomic E-state index is -0.212. The lowest BCUT2D eigenvalue weighted by Gasteiger charge is -2.15. The molecule has 0 unspecified atom stereocenters. The summed E-state index contributed by atoms with van der Waals surface area (Å²) < 4.78 is 0. The van der Waals surface area contributed by atoms with Crippen LogP contribution in [-0.4, -0.2) is 34.8 Å². The van der Waals surface area contributed by atoms with Crippen molar-refractivity contribution in [2.75, 3.05) is 13.1 Å². The number of amides is 2. The van der Waals surface area contributed by atoms with Crippen LogP contribution in [0.3, 0.4) is 0 Å². The molecule has 0 aromatic carbocycles. The summed E-state index contributed by atoms with van der Waals surface area (Å²) in [6.45, 7) is 3.78. The summed E-state index contributed by atoms with van der Waals surface area (Å²) in [5.41, 5.74) is 0.964. The molecule has 102 valence electrons. The summed E-state index contributed by atoms with van der Waals surface area (Å²) in [5, 5.41) is 2.87. The van der Waals surface area contributed by atoms with Gasteiger partial charge in [-0.1, -0.05) is 13.0 Å². The van der Waals surface area contributed by atoms with Gasteiger partial charge in [0.15, 0.2) is 0 Å². The summed E-state index contributed by atoms with van der Waals surface area (Å²) in [5.74, 6) is -0.171. The fourth-order valence-corrected chi connectivity index (χ4v) is 2.27. The highest BCUT2D eigenvalue weighted by molar-refractivity contribution is 5.89. The summed E-state index contributed by atoms with van der Waals surface area (Å²) in [6, 6.07) is 3.75. The Hall–Kier alpha value is -1.91. The van der Waals surface area contributed by atoms with Crippen molar-refractivity contribution in [3.8, 4) is 0 Å². The maximum absolute atomic E-state index is 12.0. The minimum absolute atomic E-state index is 0.0455. The van der Waals surface area contributed by atoms with Crippen LogP contribution in [-0.2, 0) is 16.1 Å². The standard InChI is InChI=1S/C14H19N3O2/c1-2-6-17-10-12(7-13(17)18)14(19)16-9-11-4-3-5-15-8-11/h3-5,8,12H,2,6-7,9-10H2,1H3,(H,16,19)/t12-/m0/s1. The SMILES string of the molecule is CCCN1C[C@@H](C(=O)NCc2cccnc2)CC1=O. The average molecular weight is 261 g/mol. The molecule has 2 rings (SSSR count). The zero-order valence-corrected chi connectivity index (χ0v) is 11.1. The van der Waals surface area contributed by atoms with Crippen molar-refractivity contribution < 1.29 is 9.59 Å². The lowest BCUT2D eigenvalue weighted by Crippen LogP contribution is -2.32. The molecule has 2 amide bonds. The third-order valence-electron chi connectivity index (χ3n) is 3.27. The minimum Gasteiger partial charge on any atom is -0.352 e. The molecule has 1 saturated heterocycles. The molecule has 1 N–H and O–H groups in total. The molecule has 1 aliphatic heterocycles. The van der Waals surface area contributed by atoms with E-state index < -0.39 is 0 Å². The van der Waals surface area contributed by atoms with E-state index in [-0.39, 0.29) is 17.7 Å². The highest BCUT2D eigenvalue weighted by Gasteiger charge is 2.33. The number of likely N-dealkylation sites (tertiary alicyclic amines) is 1. The maximum Gasteiger partial charge on any atom is 0.225 e. The van der Waals surface area contributed by atoms with Gasteiger partial charge >= 0.3 is 0 Å². The molecule has 0 aliphatic carbocycles. The van der Waals surface area contributed by atoms with Gasteiger partial charge in [-0.2, -0.15) is 0 Å². The van der Waals surface area contributed by atoms with Crippen molar-refractivity contribution in [1.29, 1.82) is 0 Å². The van der Waals surface area contributed by atoms with Crippen molar-refractivity contribution in [3.63, 3.8) is 0 Å². The number of nitrogens with one attached hydrogen (secondary N) is 1. The normalized spacial score (nSPS) is 18.7. The van der Waals surface area contributed by atoms with Gasteiger partial charge < -0.3 is 10.2 Å². The van der Waals surface area contributed by atoms with E-state index in [1.807, 2.05) is 19.1 Å². The first-order valence-corrected chi connectivity index (χ1v) is 6.65. The number of pyridine rings is 1. The number of carbonyl (C=O) groups excluding carboxylic acids is 2. The van der Waals surface area contributed by atoms with Gasteiger partial charge in [0.2, 0.25) is 11.8 Å². The first kappa shape index (κ1) is 13.5. The Morgan fingerprint density at radius 3 is 3.11 bits per heavy atom. The molecule has 0 spiro atoms. The van der Waals surface area contributed by atoms with Gasteiger partial charge in [-0.05, 0) is 18.1 Å². The zero-order chi connectivity index (χ0) is 13.7. The fourth-order valence-electron chi connectivity index (χ4n) is 2.27. The van der Waals surface area contributed by atoms with E-state index >= 15 is 0 Å². The van der Waals surface area contributed by atoms with Crippen LogP contribution in [0, 0.1) is 5.92 Å². The van der Waals surface area contributed by atoms with Gasteiger partial charge in [0.05, 0.1) is 5.92 Å². The van der Waals surface area contributed by atoms with Crippen LogP contribution in [0.1, 0.15) is 25.3 Å². The van der Waals surface area contributed by atoms with Crippen molar-refractivity contribution in [3.05, 3.63) is 30.1 Å². The molecule has 0 radical (unpaired) electrons. The molecule has 1 aromatic rings. The lowest BCUT2D eigenvalue weighted by molar-refractivity contribution is -0.129. The molecule has 1 aromatic heterocycles. The van der Waals surface area contributed by atoms with E-state index in [4.69, 9.17) is 0 Å². The molecule has 1 fully saturated rings. The molecule has 0 saturated carbocycles. The second kappa shape index (κ2) is 6.31. The van der Waals surface area contributed by atoms with Crippen molar-refractivity contribution >= 4 is 11.8 Å². The second-order valence-corrected chi connectivity index (χ2v) is 4.82. The molecule has 1 aliphatic rings. The Morgan fingerprint density at radius 2 is 2.42 bits per heavy atom. The van der Waals surface area contributed by atoms with E-state index in [1.54, 1.807) is 17.3 Å². The average Bonchev–Trinajstić information content (AvgIpc) is 2.79. The van der Waals surface area contributed by atoms with E-state index in [2.05, 4.69) is 10.3 Å². The van der Waals surface area contributed by atoms with Gasteiger partial charge in [-0.25, -0.2) is 0 Å². The van der Waals surface area contributed by atoms with Crippen LogP contribution in [0.5, 0.6) is 0 Å². The third-order valence-corrected chi connectivity index (χ3v) is 3.27. The second-order valence-electron chi connectivity index (χ2n) is 4.82. The Kier molecular flexibility index (Phi) is 4.49. The maximum atomic E-state index is 12.0.